The summed E-state index contributed by atoms with van der Waals surface area (Å²) in [4.78, 5) is 10.3. The molecule has 0 aliphatic heterocycles. The summed E-state index contributed by atoms with van der Waals surface area (Å²) in [6, 6.07) is 0. The number of alkyl halides is 2. The molecule has 3 heteroatoms. The molecule has 0 bridgehead atoms. The van der Waals surface area contributed by atoms with Gasteiger partial charge >= 0.3 is 0 Å². The van der Waals surface area contributed by atoms with E-state index in [1.807, 2.05) is 0 Å². The molecule has 0 amide bonds. The van der Waals surface area contributed by atoms with E-state index < -0.39 is 5.92 Å². The van der Waals surface area contributed by atoms with Gasteiger partial charge in [0.15, 0.2) is 0 Å². The van der Waals surface area contributed by atoms with Crippen LogP contribution in [0.1, 0.15) is 13.3 Å². The summed E-state index contributed by atoms with van der Waals surface area (Å²) >= 11 is 0. The maximum absolute atomic E-state index is 12.3. The van der Waals surface area contributed by atoms with Gasteiger partial charge in [-0.1, -0.05) is 12.7 Å². The maximum Gasteiger partial charge on any atom is 0.284 e. The van der Waals surface area contributed by atoms with Crippen molar-refractivity contribution in [2.24, 2.45) is 0 Å². The molecule has 0 saturated carbocycles. The fourth-order valence-electron chi connectivity index (χ4n) is 0.450. The van der Waals surface area contributed by atoms with Crippen LogP contribution >= 0.6 is 0 Å². The van der Waals surface area contributed by atoms with Crippen molar-refractivity contribution in [3.8, 4) is 0 Å². The monoisotopic (exact) mass is 160 g/mol. The number of carbonyl (C=O) groups excluding carboxylic acids is 1. The molecule has 0 rings (SSSR count). The number of rotatable bonds is 4. The highest BCUT2D eigenvalue weighted by atomic mass is 19.3. The number of ketones is 1. The molecule has 0 aliphatic carbocycles. The molecular weight excluding hydrogens is 150 g/mol. The van der Waals surface area contributed by atoms with Crippen LogP contribution in [0.4, 0.5) is 8.78 Å². The van der Waals surface area contributed by atoms with Crippen LogP contribution in [0.2, 0.25) is 0 Å². The van der Waals surface area contributed by atoms with Crippen molar-refractivity contribution in [1.82, 2.24) is 0 Å². The minimum absolute atomic E-state index is 0.0451. The predicted octanol–water partition coefficient (Wildman–Crippen LogP) is 2.34. The second-order valence-corrected chi connectivity index (χ2v) is 2.19. The molecule has 0 aromatic heterocycles. The smallest absolute Gasteiger partial charge is 0.284 e. The molecular formula is C8H10F2O. The summed E-state index contributed by atoms with van der Waals surface area (Å²) < 4.78 is 24.6. The standard InChI is InChI=1S/C8H10F2O/c1-3-8(9,10)6-4-5-7(2)11/h3-4,6H,1,5H2,2H3. The molecule has 11 heavy (non-hydrogen) atoms. The Hall–Kier alpha value is -0.990. The number of allylic oxidation sites excluding steroid dienone is 3. The molecule has 0 atom stereocenters. The molecule has 0 aromatic rings. The molecule has 0 aliphatic rings. The van der Waals surface area contributed by atoms with Crippen LogP contribution < -0.4 is 0 Å². The second-order valence-electron chi connectivity index (χ2n) is 2.19. The van der Waals surface area contributed by atoms with E-state index in [1.54, 1.807) is 0 Å². The van der Waals surface area contributed by atoms with Crippen molar-refractivity contribution in [2.75, 3.05) is 0 Å². The van der Waals surface area contributed by atoms with Crippen LogP contribution in [0.3, 0.4) is 0 Å². The molecule has 0 saturated heterocycles. The Kier molecular flexibility index (Phi) is 3.65. The number of halogens is 2. The van der Waals surface area contributed by atoms with Gasteiger partial charge in [0.05, 0.1) is 0 Å². The zero-order valence-electron chi connectivity index (χ0n) is 6.31. The average molecular weight is 160 g/mol. The summed E-state index contributed by atoms with van der Waals surface area (Å²) in [7, 11) is 0. The van der Waals surface area contributed by atoms with Gasteiger partial charge in [-0.25, -0.2) is 0 Å². The average Bonchev–Trinajstić information content (AvgIpc) is 1.87. The first-order valence-electron chi connectivity index (χ1n) is 3.16. The Morgan fingerprint density at radius 2 is 2.18 bits per heavy atom. The number of hydrogen-bond donors (Lipinski definition) is 0. The number of carbonyl (C=O) groups is 1. The largest absolute Gasteiger partial charge is 0.300 e. The Labute approximate surface area is 64.4 Å². The Balaban J connectivity index is 3.92. The van der Waals surface area contributed by atoms with Crippen molar-refractivity contribution in [3.63, 3.8) is 0 Å². The van der Waals surface area contributed by atoms with E-state index in [0.29, 0.717) is 12.2 Å². The lowest BCUT2D eigenvalue weighted by Gasteiger charge is -2.02. The van der Waals surface area contributed by atoms with Crippen LogP contribution in [0.25, 0.3) is 0 Å². The van der Waals surface area contributed by atoms with Gasteiger partial charge in [0.25, 0.3) is 5.92 Å². The normalized spacial score (nSPS) is 11.9. The summed E-state index contributed by atoms with van der Waals surface area (Å²) in [5.41, 5.74) is 0. The third-order valence-electron chi connectivity index (χ3n) is 1.02. The highest BCUT2D eigenvalue weighted by Crippen LogP contribution is 2.15. The van der Waals surface area contributed by atoms with Crippen molar-refractivity contribution >= 4 is 5.78 Å². The Bertz CT molecular complexity index is 183. The molecule has 0 radical (unpaired) electrons. The zero-order chi connectivity index (χ0) is 8.91. The van der Waals surface area contributed by atoms with E-state index >= 15 is 0 Å². The first kappa shape index (κ1) is 10.0. The first-order chi connectivity index (χ1) is 4.98. The molecule has 0 fully saturated rings. The molecule has 62 valence electrons. The van der Waals surface area contributed by atoms with Crippen LogP contribution in [0.15, 0.2) is 24.8 Å². The lowest BCUT2D eigenvalue weighted by molar-refractivity contribution is -0.116. The van der Waals surface area contributed by atoms with Crippen LogP contribution in [0.5, 0.6) is 0 Å². The molecule has 0 spiro atoms. The number of hydrogen-bond acceptors (Lipinski definition) is 1. The summed E-state index contributed by atoms with van der Waals surface area (Å²) in [5, 5.41) is 0. The fraction of sp³-hybridized carbons (Fsp3) is 0.375. The molecule has 0 aromatic carbocycles. The Morgan fingerprint density at radius 3 is 2.55 bits per heavy atom. The van der Waals surface area contributed by atoms with Crippen molar-refractivity contribution in [1.29, 1.82) is 0 Å². The molecule has 0 heterocycles. The van der Waals surface area contributed by atoms with E-state index in [2.05, 4.69) is 6.58 Å². The van der Waals surface area contributed by atoms with Gasteiger partial charge in [-0.15, -0.1) is 0 Å². The number of Topliss-reactive ketones (excluding diaryl/α,β-unsaturated/α-hetero) is 1. The molecule has 0 unspecified atom stereocenters. The van der Waals surface area contributed by atoms with E-state index in [4.69, 9.17) is 0 Å². The van der Waals surface area contributed by atoms with Gasteiger partial charge in [-0.05, 0) is 19.1 Å². The lowest BCUT2D eigenvalue weighted by Crippen LogP contribution is -2.05. The topological polar surface area (TPSA) is 17.1 Å². The third-order valence-corrected chi connectivity index (χ3v) is 1.02. The lowest BCUT2D eigenvalue weighted by atomic mass is 10.2. The Morgan fingerprint density at radius 1 is 1.64 bits per heavy atom. The third kappa shape index (κ3) is 5.45. The molecule has 1 nitrogen and oxygen atoms in total. The summed E-state index contributed by atoms with van der Waals surface area (Å²) in [6.45, 7) is 4.29. The summed E-state index contributed by atoms with van der Waals surface area (Å²) in [6.07, 6.45) is 2.39. The second kappa shape index (κ2) is 4.01. The van der Waals surface area contributed by atoms with Crippen molar-refractivity contribution < 1.29 is 13.6 Å². The van der Waals surface area contributed by atoms with Crippen LogP contribution in [0, 0.1) is 0 Å². The summed E-state index contributed by atoms with van der Waals surface area (Å²) in [5.74, 6) is -3.13. The van der Waals surface area contributed by atoms with Crippen LogP contribution in [-0.2, 0) is 4.79 Å². The van der Waals surface area contributed by atoms with Crippen LogP contribution in [-0.4, -0.2) is 11.7 Å². The van der Waals surface area contributed by atoms with Gasteiger partial charge < -0.3 is 0 Å². The maximum atomic E-state index is 12.3. The van der Waals surface area contributed by atoms with Gasteiger partial charge in [0.2, 0.25) is 0 Å². The van der Waals surface area contributed by atoms with Gasteiger partial charge in [0.1, 0.15) is 5.78 Å². The van der Waals surface area contributed by atoms with Crippen molar-refractivity contribution in [2.45, 2.75) is 19.3 Å². The van der Waals surface area contributed by atoms with E-state index in [0.717, 1.165) is 6.08 Å². The highest BCUT2D eigenvalue weighted by molar-refractivity contribution is 5.76. The predicted molar refractivity (Wildman–Crippen MR) is 39.6 cm³/mol. The zero-order valence-corrected chi connectivity index (χ0v) is 6.31. The minimum Gasteiger partial charge on any atom is -0.300 e. The first-order valence-corrected chi connectivity index (χ1v) is 3.16. The van der Waals surface area contributed by atoms with Gasteiger partial charge in [-0.3, -0.25) is 4.79 Å². The van der Waals surface area contributed by atoms with E-state index in [9.17, 15) is 13.6 Å². The van der Waals surface area contributed by atoms with E-state index in [1.165, 1.54) is 6.92 Å². The van der Waals surface area contributed by atoms with Crippen molar-refractivity contribution in [3.05, 3.63) is 24.8 Å². The SMILES string of the molecule is C=CC(F)(F)C=CCC(C)=O. The highest BCUT2D eigenvalue weighted by Gasteiger charge is 2.18. The van der Waals surface area contributed by atoms with E-state index in [-0.39, 0.29) is 12.2 Å². The van der Waals surface area contributed by atoms with Gasteiger partial charge in [0, 0.05) is 6.42 Å². The molecule has 0 N–H and O–H groups in total. The quantitative estimate of drug-likeness (QED) is 0.577. The fourth-order valence-corrected chi connectivity index (χ4v) is 0.450. The minimum atomic E-state index is -2.99. The van der Waals surface area contributed by atoms with Gasteiger partial charge in [-0.2, -0.15) is 8.78 Å².